The van der Waals surface area contributed by atoms with Gasteiger partial charge in [-0.05, 0) is 37.6 Å². The molecule has 1 heterocycles. The zero-order chi connectivity index (χ0) is 14.0. The van der Waals surface area contributed by atoms with Crippen LogP contribution in [0.15, 0.2) is 18.2 Å². The standard InChI is InChI=1S/C14H16ClNO3/c1-3-16-12-6-5-9(15)7-10(12)11(8-13(16)17)14(18)19-4-2/h5-7,11H,3-4,8H2,1-2H3. The van der Waals surface area contributed by atoms with Crippen molar-refractivity contribution in [1.29, 1.82) is 0 Å². The predicted octanol–water partition coefficient (Wildman–Crippen LogP) is 2.74. The summed E-state index contributed by atoms with van der Waals surface area (Å²) in [5, 5.41) is 0.554. The zero-order valence-corrected chi connectivity index (χ0v) is 11.7. The summed E-state index contributed by atoms with van der Waals surface area (Å²) in [6, 6.07) is 5.25. The molecule has 1 aromatic rings. The number of carbonyl (C=O) groups excluding carboxylic acids is 2. The number of esters is 1. The molecule has 1 amide bonds. The van der Waals surface area contributed by atoms with E-state index >= 15 is 0 Å². The highest BCUT2D eigenvalue weighted by atomic mass is 35.5. The van der Waals surface area contributed by atoms with E-state index in [2.05, 4.69) is 0 Å². The minimum atomic E-state index is -0.552. The minimum absolute atomic E-state index is 0.0598. The summed E-state index contributed by atoms with van der Waals surface area (Å²) in [7, 11) is 0. The first-order valence-corrected chi connectivity index (χ1v) is 6.72. The Morgan fingerprint density at radius 3 is 2.84 bits per heavy atom. The quantitative estimate of drug-likeness (QED) is 0.801. The van der Waals surface area contributed by atoms with E-state index in [0.717, 1.165) is 11.3 Å². The average molecular weight is 282 g/mol. The molecular weight excluding hydrogens is 266 g/mol. The second kappa shape index (κ2) is 5.61. The molecule has 1 aliphatic rings. The Morgan fingerprint density at radius 1 is 1.47 bits per heavy atom. The van der Waals surface area contributed by atoms with E-state index in [4.69, 9.17) is 16.3 Å². The highest BCUT2D eigenvalue weighted by molar-refractivity contribution is 6.30. The van der Waals surface area contributed by atoms with Crippen molar-refractivity contribution in [1.82, 2.24) is 0 Å². The Morgan fingerprint density at radius 2 is 2.21 bits per heavy atom. The van der Waals surface area contributed by atoms with E-state index in [1.165, 1.54) is 0 Å². The molecule has 5 heteroatoms. The molecule has 0 saturated carbocycles. The molecule has 0 saturated heterocycles. The number of rotatable bonds is 3. The third-order valence-corrected chi connectivity index (χ3v) is 3.46. The van der Waals surface area contributed by atoms with E-state index in [9.17, 15) is 9.59 Å². The normalized spacial score (nSPS) is 18.2. The molecule has 1 unspecified atom stereocenters. The lowest BCUT2D eigenvalue weighted by Crippen LogP contribution is -2.38. The van der Waals surface area contributed by atoms with Gasteiger partial charge in [0.1, 0.15) is 0 Å². The first-order chi connectivity index (χ1) is 9.08. The number of ether oxygens (including phenoxy) is 1. The molecule has 0 aromatic heterocycles. The number of halogens is 1. The summed E-state index contributed by atoms with van der Waals surface area (Å²) >= 11 is 6.00. The number of carbonyl (C=O) groups is 2. The van der Waals surface area contributed by atoms with Gasteiger partial charge in [-0.25, -0.2) is 0 Å². The summed E-state index contributed by atoms with van der Waals surface area (Å²) in [4.78, 5) is 25.7. The van der Waals surface area contributed by atoms with Crippen LogP contribution in [0.2, 0.25) is 5.02 Å². The topological polar surface area (TPSA) is 46.6 Å². The number of hydrogen-bond donors (Lipinski definition) is 0. The van der Waals surface area contributed by atoms with Crippen molar-refractivity contribution < 1.29 is 14.3 Å². The maximum absolute atomic E-state index is 12.1. The van der Waals surface area contributed by atoms with Gasteiger partial charge in [-0.3, -0.25) is 9.59 Å². The fourth-order valence-electron chi connectivity index (χ4n) is 2.38. The van der Waals surface area contributed by atoms with E-state index in [0.29, 0.717) is 18.2 Å². The number of hydrogen-bond acceptors (Lipinski definition) is 3. The molecule has 2 rings (SSSR count). The second-order valence-corrected chi connectivity index (χ2v) is 4.79. The van der Waals surface area contributed by atoms with Crippen molar-refractivity contribution in [3.05, 3.63) is 28.8 Å². The monoisotopic (exact) mass is 281 g/mol. The van der Waals surface area contributed by atoms with Crippen LogP contribution in [0.1, 0.15) is 31.7 Å². The molecule has 0 radical (unpaired) electrons. The zero-order valence-electron chi connectivity index (χ0n) is 11.0. The van der Waals surface area contributed by atoms with Crippen molar-refractivity contribution in [3.63, 3.8) is 0 Å². The van der Waals surface area contributed by atoms with Crippen LogP contribution in [-0.2, 0) is 14.3 Å². The third-order valence-electron chi connectivity index (χ3n) is 3.22. The van der Waals surface area contributed by atoms with Crippen LogP contribution in [0.25, 0.3) is 0 Å². The van der Waals surface area contributed by atoms with Gasteiger partial charge in [0.15, 0.2) is 0 Å². The molecule has 0 aliphatic carbocycles. The lowest BCUT2D eigenvalue weighted by Gasteiger charge is -2.32. The van der Waals surface area contributed by atoms with E-state index in [1.54, 1.807) is 30.0 Å². The van der Waals surface area contributed by atoms with Crippen LogP contribution < -0.4 is 4.90 Å². The van der Waals surface area contributed by atoms with E-state index in [1.807, 2.05) is 6.92 Å². The number of fused-ring (bicyclic) bond motifs is 1. The average Bonchev–Trinajstić information content (AvgIpc) is 2.38. The van der Waals surface area contributed by atoms with Gasteiger partial charge in [-0.1, -0.05) is 11.6 Å². The smallest absolute Gasteiger partial charge is 0.314 e. The molecule has 4 nitrogen and oxygen atoms in total. The highest BCUT2D eigenvalue weighted by Gasteiger charge is 2.35. The molecule has 0 fully saturated rings. The van der Waals surface area contributed by atoms with Gasteiger partial charge in [-0.15, -0.1) is 0 Å². The second-order valence-electron chi connectivity index (χ2n) is 4.35. The molecule has 0 N–H and O–H groups in total. The van der Waals surface area contributed by atoms with Crippen LogP contribution in [0.3, 0.4) is 0 Å². The Hall–Kier alpha value is -1.55. The highest BCUT2D eigenvalue weighted by Crippen LogP contribution is 2.38. The fraction of sp³-hybridized carbons (Fsp3) is 0.429. The molecule has 1 atom stereocenters. The fourth-order valence-corrected chi connectivity index (χ4v) is 2.56. The van der Waals surface area contributed by atoms with Crippen LogP contribution in [0.5, 0.6) is 0 Å². The number of anilines is 1. The van der Waals surface area contributed by atoms with E-state index in [-0.39, 0.29) is 18.3 Å². The Labute approximate surface area is 117 Å². The minimum Gasteiger partial charge on any atom is -0.466 e. The van der Waals surface area contributed by atoms with Crippen molar-refractivity contribution >= 4 is 29.2 Å². The Kier molecular flexibility index (Phi) is 4.10. The van der Waals surface area contributed by atoms with Gasteiger partial charge in [0, 0.05) is 23.7 Å². The molecular formula is C14H16ClNO3. The van der Waals surface area contributed by atoms with Gasteiger partial charge in [0.25, 0.3) is 0 Å². The van der Waals surface area contributed by atoms with Gasteiger partial charge >= 0.3 is 5.97 Å². The summed E-state index contributed by atoms with van der Waals surface area (Å²) in [6.45, 7) is 4.53. The lowest BCUT2D eigenvalue weighted by atomic mass is 9.89. The lowest BCUT2D eigenvalue weighted by molar-refractivity contribution is -0.146. The van der Waals surface area contributed by atoms with Crippen molar-refractivity contribution in [3.8, 4) is 0 Å². The van der Waals surface area contributed by atoms with Crippen LogP contribution in [0.4, 0.5) is 5.69 Å². The van der Waals surface area contributed by atoms with Gasteiger partial charge < -0.3 is 9.64 Å². The van der Waals surface area contributed by atoms with Crippen LogP contribution in [-0.4, -0.2) is 25.0 Å². The summed E-state index contributed by atoms with van der Waals surface area (Å²) in [5.74, 6) is -0.977. The van der Waals surface area contributed by atoms with Crippen molar-refractivity contribution in [2.75, 3.05) is 18.1 Å². The molecule has 1 aromatic carbocycles. The molecule has 0 bridgehead atoms. The van der Waals surface area contributed by atoms with Crippen molar-refractivity contribution in [2.24, 2.45) is 0 Å². The molecule has 102 valence electrons. The molecule has 19 heavy (non-hydrogen) atoms. The van der Waals surface area contributed by atoms with Crippen LogP contribution >= 0.6 is 11.6 Å². The first kappa shape index (κ1) is 13.9. The number of nitrogens with zero attached hydrogens (tertiary/aromatic N) is 1. The molecule has 1 aliphatic heterocycles. The summed E-state index contributed by atoms with van der Waals surface area (Å²) < 4.78 is 5.04. The summed E-state index contributed by atoms with van der Waals surface area (Å²) in [6.07, 6.45) is 0.139. The molecule has 0 spiro atoms. The van der Waals surface area contributed by atoms with Gasteiger partial charge in [0.2, 0.25) is 5.91 Å². The Balaban J connectivity index is 2.47. The maximum atomic E-state index is 12.1. The first-order valence-electron chi connectivity index (χ1n) is 6.34. The van der Waals surface area contributed by atoms with E-state index < -0.39 is 5.92 Å². The predicted molar refractivity (Wildman–Crippen MR) is 73.5 cm³/mol. The van der Waals surface area contributed by atoms with Crippen LogP contribution in [0, 0.1) is 0 Å². The third kappa shape index (κ3) is 2.59. The van der Waals surface area contributed by atoms with Gasteiger partial charge in [0.05, 0.1) is 12.5 Å². The largest absolute Gasteiger partial charge is 0.466 e. The Bertz CT molecular complexity index is 515. The van der Waals surface area contributed by atoms with Crippen molar-refractivity contribution in [2.45, 2.75) is 26.2 Å². The number of benzene rings is 1. The number of amides is 1. The summed E-state index contributed by atoms with van der Waals surface area (Å²) in [5.41, 5.74) is 1.52. The maximum Gasteiger partial charge on any atom is 0.314 e. The SMILES string of the molecule is CCOC(=O)C1CC(=O)N(CC)c2ccc(Cl)cc21. The van der Waals surface area contributed by atoms with Gasteiger partial charge in [-0.2, -0.15) is 0 Å².